The van der Waals surface area contributed by atoms with Crippen molar-refractivity contribution < 1.29 is 9.18 Å². The Morgan fingerprint density at radius 3 is 2.68 bits per heavy atom. The van der Waals surface area contributed by atoms with Gasteiger partial charge in [0.05, 0.1) is 17.9 Å². The number of benzene rings is 1. The molecule has 0 aliphatic carbocycles. The highest BCUT2D eigenvalue weighted by Gasteiger charge is 2.13. The van der Waals surface area contributed by atoms with Crippen LogP contribution in [0.1, 0.15) is 26.0 Å². The van der Waals surface area contributed by atoms with Crippen molar-refractivity contribution in [1.29, 1.82) is 0 Å². The maximum absolute atomic E-state index is 14.0. The molecule has 0 saturated carbocycles. The van der Waals surface area contributed by atoms with E-state index in [1.54, 1.807) is 18.2 Å². The Morgan fingerprint density at radius 1 is 1.32 bits per heavy atom. The molecule has 0 aliphatic heterocycles. The Morgan fingerprint density at radius 2 is 2.04 bits per heavy atom. The van der Waals surface area contributed by atoms with E-state index >= 15 is 0 Å². The molecule has 0 radical (unpaired) electrons. The molecule has 0 spiro atoms. The second kappa shape index (κ2) is 8.76. The second-order valence-electron chi connectivity index (χ2n) is 6.91. The predicted molar refractivity (Wildman–Crippen MR) is 97.5 cm³/mol. The lowest BCUT2D eigenvalue weighted by molar-refractivity contribution is -0.121. The zero-order valence-corrected chi connectivity index (χ0v) is 15.4. The summed E-state index contributed by atoms with van der Waals surface area (Å²) in [6, 6.07) is 8.54. The molecule has 5 nitrogen and oxygen atoms in total. The fourth-order valence-electron chi connectivity index (χ4n) is 2.65. The number of rotatable bonds is 8. The molecule has 1 N–H and O–H groups in total. The van der Waals surface area contributed by atoms with E-state index in [1.807, 2.05) is 43.6 Å². The Labute approximate surface area is 148 Å². The molecule has 0 unspecified atom stereocenters. The molecule has 0 saturated heterocycles. The van der Waals surface area contributed by atoms with Gasteiger partial charge in [-0.1, -0.05) is 26.0 Å². The molecule has 136 valence electrons. The number of aromatic nitrogens is 2. The maximum Gasteiger partial charge on any atom is 0.220 e. The first-order valence-corrected chi connectivity index (χ1v) is 8.60. The molecular formula is C19H27FN4O. The molecule has 1 heterocycles. The highest BCUT2D eigenvalue weighted by atomic mass is 19.1. The number of nitrogens with zero attached hydrogens (tertiary/aromatic N) is 3. The Balaban J connectivity index is 2.13. The van der Waals surface area contributed by atoms with Gasteiger partial charge < -0.3 is 10.2 Å². The predicted octanol–water partition coefficient (Wildman–Crippen LogP) is 2.91. The average Bonchev–Trinajstić information content (AvgIpc) is 2.89. The van der Waals surface area contributed by atoms with Gasteiger partial charge in [0.1, 0.15) is 5.82 Å². The standard InChI is InChI=1S/C19H27FN4O/c1-14(2)11-19(25)21-9-10-24-15(13-23(3)4)12-18(22-24)16-7-5-6-8-17(16)20/h5-8,12,14H,9-11,13H2,1-4H3,(H,21,25). The molecule has 25 heavy (non-hydrogen) atoms. The third kappa shape index (κ3) is 5.67. The summed E-state index contributed by atoms with van der Waals surface area (Å²) < 4.78 is 15.9. The third-order valence-electron chi connectivity index (χ3n) is 3.73. The van der Waals surface area contributed by atoms with Gasteiger partial charge in [-0.2, -0.15) is 5.10 Å². The first-order valence-electron chi connectivity index (χ1n) is 8.60. The van der Waals surface area contributed by atoms with E-state index in [2.05, 4.69) is 10.4 Å². The monoisotopic (exact) mass is 346 g/mol. The van der Waals surface area contributed by atoms with Crippen molar-refractivity contribution in [2.75, 3.05) is 20.6 Å². The zero-order valence-electron chi connectivity index (χ0n) is 15.4. The van der Waals surface area contributed by atoms with E-state index in [0.717, 1.165) is 5.69 Å². The van der Waals surface area contributed by atoms with Gasteiger partial charge in [-0.05, 0) is 38.2 Å². The van der Waals surface area contributed by atoms with Crippen LogP contribution < -0.4 is 5.32 Å². The van der Waals surface area contributed by atoms with Gasteiger partial charge >= 0.3 is 0 Å². The first kappa shape index (κ1) is 19.1. The van der Waals surface area contributed by atoms with Gasteiger partial charge in [0.15, 0.2) is 0 Å². The number of hydrogen-bond acceptors (Lipinski definition) is 3. The van der Waals surface area contributed by atoms with E-state index in [0.29, 0.717) is 43.2 Å². The molecule has 1 aromatic carbocycles. The molecule has 0 bridgehead atoms. The Bertz CT molecular complexity index is 709. The van der Waals surface area contributed by atoms with Gasteiger partial charge in [-0.25, -0.2) is 4.39 Å². The van der Waals surface area contributed by atoms with Crippen LogP contribution in [-0.4, -0.2) is 41.2 Å². The molecule has 1 amide bonds. The Hall–Kier alpha value is -2.21. The number of hydrogen-bond donors (Lipinski definition) is 1. The molecule has 2 rings (SSSR count). The summed E-state index contributed by atoms with van der Waals surface area (Å²) in [6.45, 7) is 5.79. The molecule has 6 heteroatoms. The van der Waals surface area contributed by atoms with Crippen molar-refractivity contribution in [3.8, 4) is 11.3 Å². The summed E-state index contributed by atoms with van der Waals surface area (Å²) in [5, 5.41) is 7.47. The summed E-state index contributed by atoms with van der Waals surface area (Å²) in [5.74, 6) is 0.0982. The van der Waals surface area contributed by atoms with Gasteiger partial charge in [0, 0.05) is 25.1 Å². The third-order valence-corrected chi connectivity index (χ3v) is 3.73. The van der Waals surface area contributed by atoms with Gasteiger partial charge in [0.2, 0.25) is 5.91 Å². The molecule has 0 fully saturated rings. The van der Waals surface area contributed by atoms with Crippen LogP contribution in [0.3, 0.4) is 0 Å². The molecule has 0 atom stereocenters. The van der Waals surface area contributed by atoms with Crippen molar-refractivity contribution >= 4 is 5.91 Å². The zero-order chi connectivity index (χ0) is 18.4. The van der Waals surface area contributed by atoms with Gasteiger partial charge in [-0.3, -0.25) is 9.48 Å². The number of amides is 1. The molecule has 0 aliphatic rings. The van der Waals surface area contributed by atoms with Crippen LogP contribution >= 0.6 is 0 Å². The summed E-state index contributed by atoms with van der Waals surface area (Å²) in [4.78, 5) is 13.8. The van der Waals surface area contributed by atoms with Crippen LogP contribution in [0.4, 0.5) is 4.39 Å². The maximum atomic E-state index is 14.0. The van der Waals surface area contributed by atoms with Crippen LogP contribution in [0, 0.1) is 11.7 Å². The summed E-state index contributed by atoms with van der Waals surface area (Å²) in [7, 11) is 3.95. The lowest BCUT2D eigenvalue weighted by Gasteiger charge is -2.12. The van der Waals surface area contributed by atoms with Crippen LogP contribution in [0.5, 0.6) is 0 Å². The summed E-state index contributed by atoms with van der Waals surface area (Å²) >= 11 is 0. The molecule has 2 aromatic rings. The Kier molecular flexibility index (Phi) is 6.70. The highest BCUT2D eigenvalue weighted by Crippen LogP contribution is 2.22. The summed E-state index contributed by atoms with van der Waals surface area (Å²) in [5.41, 5.74) is 2.09. The van der Waals surface area contributed by atoms with Crippen molar-refractivity contribution in [2.45, 2.75) is 33.4 Å². The largest absolute Gasteiger partial charge is 0.354 e. The highest BCUT2D eigenvalue weighted by molar-refractivity contribution is 5.75. The first-order chi connectivity index (χ1) is 11.9. The van der Waals surface area contributed by atoms with E-state index < -0.39 is 0 Å². The number of nitrogens with one attached hydrogen (secondary N) is 1. The SMILES string of the molecule is CC(C)CC(=O)NCCn1nc(-c2ccccc2F)cc1CN(C)C. The normalized spacial score (nSPS) is 11.3. The lowest BCUT2D eigenvalue weighted by atomic mass is 10.1. The van der Waals surface area contributed by atoms with Crippen molar-refractivity contribution in [3.63, 3.8) is 0 Å². The van der Waals surface area contributed by atoms with Gasteiger partial charge in [-0.15, -0.1) is 0 Å². The number of carbonyl (C=O) groups excluding carboxylic acids is 1. The van der Waals surface area contributed by atoms with E-state index in [1.165, 1.54) is 6.07 Å². The summed E-state index contributed by atoms with van der Waals surface area (Å²) in [6.07, 6.45) is 0.518. The quantitative estimate of drug-likeness (QED) is 0.800. The van der Waals surface area contributed by atoms with Crippen molar-refractivity contribution in [1.82, 2.24) is 20.0 Å². The van der Waals surface area contributed by atoms with Crippen LogP contribution in [0.2, 0.25) is 0 Å². The topological polar surface area (TPSA) is 50.2 Å². The minimum Gasteiger partial charge on any atom is -0.354 e. The fourth-order valence-corrected chi connectivity index (χ4v) is 2.65. The van der Waals surface area contributed by atoms with Crippen LogP contribution in [-0.2, 0) is 17.9 Å². The number of carbonyl (C=O) groups is 1. The van der Waals surface area contributed by atoms with E-state index in [9.17, 15) is 9.18 Å². The average molecular weight is 346 g/mol. The molecule has 1 aromatic heterocycles. The van der Waals surface area contributed by atoms with Gasteiger partial charge in [0.25, 0.3) is 0 Å². The minimum atomic E-state index is -0.284. The van der Waals surface area contributed by atoms with Crippen molar-refractivity contribution in [2.24, 2.45) is 5.92 Å². The van der Waals surface area contributed by atoms with Crippen molar-refractivity contribution in [3.05, 3.63) is 41.8 Å². The van der Waals surface area contributed by atoms with Crippen LogP contribution in [0.15, 0.2) is 30.3 Å². The number of halogens is 1. The van der Waals surface area contributed by atoms with Crippen LogP contribution in [0.25, 0.3) is 11.3 Å². The smallest absolute Gasteiger partial charge is 0.220 e. The lowest BCUT2D eigenvalue weighted by Crippen LogP contribution is -2.29. The molecular weight excluding hydrogens is 319 g/mol. The minimum absolute atomic E-state index is 0.0469. The fraction of sp³-hybridized carbons (Fsp3) is 0.474. The van der Waals surface area contributed by atoms with E-state index in [-0.39, 0.29) is 11.7 Å². The van der Waals surface area contributed by atoms with E-state index in [4.69, 9.17) is 0 Å². The second-order valence-corrected chi connectivity index (χ2v) is 6.91.